The van der Waals surface area contributed by atoms with Gasteiger partial charge in [0.15, 0.2) is 6.29 Å². The maximum Gasteiger partial charge on any atom is 0.305 e. The monoisotopic (exact) mass is 358 g/mol. The van der Waals surface area contributed by atoms with Crippen LogP contribution >= 0.6 is 0 Å². The van der Waals surface area contributed by atoms with E-state index in [-0.39, 0.29) is 24.6 Å². The van der Waals surface area contributed by atoms with Gasteiger partial charge in [0.2, 0.25) is 0 Å². The van der Waals surface area contributed by atoms with Crippen LogP contribution in [0.1, 0.15) is 65.2 Å². The van der Waals surface area contributed by atoms with Crippen molar-refractivity contribution in [2.24, 2.45) is 0 Å². The average molecular weight is 358 g/mol. The van der Waals surface area contributed by atoms with E-state index in [0.29, 0.717) is 13.0 Å². The van der Waals surface area contributed by atoms with Gasteiger partial charge in [0.25, 0.3) is 0 Å². The molecule has 0 unspecified atom stereocenters. The predicted molar refractivity (Wildman–Crippen MR) is 95.0 cm³/mol. The van der Waals surface area contributed by atoms with Crippen molar-refractivity contribution in [3.05, 3.63) is 12.7 Å². The summed E-state index contributed by atoms with van der Waals surface area (Å²) in [6, 6.07) is 0. The smallest absolute Gasteiger partial charge is 0.305 e. The van der Waals surface area contributed by atoms with E-state index in [0.717, 1.165) is 38.5 Å². The molecule has 0 saturated carbocycles. The van der Waals surface area contributed by atoms with Crippen molar-refractivity contribution in [3.8, 4) is 0 Å². The first-order valence-corrected chi connectivity index (χ1v) is 9.37. The Kier molecular flexibility index (Phi) is 11.0. The van der Waals surface area contributed by atoms with Crippen LogP contribution in [0.3, 0.4) is 0 Å². The third-order valence-electron chi connectivity index (χ3n) is 4.36. The Morgan fingerprint density at radius 2 is 2.04 bits per heavy atom. The number of rotatable bonds is 12. The Hall–Kier alpha value is -0.950. The number of hydrogen-bond acceptors (Lipinski definition) is 6. The average Bonchev–Trinajstić information content (AvgIpc) is 2.56. The van der Waals surface area contributed by atoms with Gasteiger partial charge in [-0.25, -0.2) is 0 Å². The zero-order valence-corrected chi connectivity index (χ0v) is 15.6. The van der Waals surface area contributed by atoms with Gasteiger partial charge in [0, 0.05) is 12.8 Å². The molecule has 1 saturated heterocycles. The molecule has 1 aliphatic heterocycles. The Bertz CT molecular complexity index is 386. The van der Waals surface area contributed by atoms with E-state index in [9.17, 15) is 15.0 Å². The molecule has 0 amide bonds. The Morgan fingerprint density at radius 1 is 1.28 bits per heavy atom. The molecule has 0 aromatic carbocycles. The fourth-order valence-corrected chi connectivity index (χ4v) is 2.71. The van der Waals surface area contributed by atoms with Gasteiger partial charge < -0.3 is 24.4 Å². The zero-order valence-electron chi connectivity index (χ0n) is 15.6. The highest BCUT2D eigenvalue weighted by atomic mass is 16.7. The van der Waals surface area contributed by atoms with Gasteiger partial charge in [0.1, 0.15) is 6.10 Å². The number of ether oxygens (including phenoxy) is 3. The summed E-state index contributed by atoms with van der Waals surface area (Å²) in [5, 5.41) is 19.6. The van der Waals surface area contributed by atoms with Crippen molar-refractivity contribution in [1.29, 1.82) is 0 Å². The van der Waals surface area contributed by atoms with E-state index in [4.69, 9.17) is 14.2 Å². The fraction of sp³-hybridized carbons (Fsp3) is 0.842. The molecule has 5 atom stereocenters. The molecule has 0 aromatic heterocycles. The second kappa shape index (κ2) is 12.4. The molecule has 0 radical (unpaired) electrons. The first-order valence-electron chi connectivity index (χ1n) is 9.37. The second-order valence-electron chi connectivity index (χ2n) is 6.78. The number of carbonyl (C=O) groups excluding carboxylic acids is 1. The Morgan fingerprint density at radius 3 is 2.76 bits per heavy atom. The maximum atomic E-state index is 11.6. The number of hydrogen-bond donors (Lipinski definition) is 2. The molecule has 0 bridgehead atoms. The van der Waals surface area contributed by atoms with E-state index < -0.39 is 18.5 Å². The highest BCUT2D eigenvalue weighted by molar-refractivity contribution is 5.69. The predicted octanol–water partition coefficient (Wildman–Crippen LogP) is 2.71. The molecule has 1 heterocycles. The maximum absolute atomic E-state index is 11.6. The topological polar surface area (TPSA) is 85.2 Å². The summed E-state index contributed by atoms with van der Waals surface area (Å²) in [6.45, 7) is 7.82. The lowest BCUT2D eigenvalue weighted by molar-refractivity contribution is -0.273. The van der Waals surface area contributed by atoms with Gasteiger partial charge in [-0.1, -0.05) is 12.5 Å². The quantitative estimate of drug-likeness (QED) is 0.317. The minimum Gasteiger partial charge on any atom is -0.466 e. The van der Waals surface area contributed by atoms with Crippen LogP contribution in [-0.4, -0.2) is 53.5 Å². The van der Waals surface area contributed by atoms with E-state index >= 15 is 0 Å². The van der Waals surface area contributed by atoms with Gasteiger partial charge in [-0.2, -0.15) is 0 Å². The normalized spacial score (nSPS) is 27.7. The molecule has 25 heavy (non-hydrogen) atoms. The van der Waals surface area contributed by atoms with Gasteiger partial charge >= 0.3 is 5.97 Å². The number of esters is 1. The Labute approximate surface area is 151 Å². The minimum absolute atomic E-state index is 0.0861. The van der Waals surface area contributed by atoms with Crippen molar-refractivity contribution in [1.82, 2.24) is 0 Å². The molecule has 0 spiro atoms. The molecule has 6 heteroatoms. The van der Waals surface area contributed by atoms with Gasteiger partial charge in [-0.15, -0.1) is 6.58 Å². The van der Waals surface area contributed by atoms with Crippen molar-refractivity contribution in [2.75, 3.05) is 6.61 Å². The van der Waals surface area contributed by atoms with Crippen molar-refractivity contribution < 1.29 is 29.2 Å². The Balaban J connectivity index is 2.07. The first-order chi connectivity index (χ1) is 11.9. The lowest BCUT2D eigenvalue weighted by Gasteiger charge is -2.36. The van der Waals surface area contributed by atoms with Crippen LogP contribution in [0.5, 0.6) is 0 Å². The largest absolute Gasteiger partial charge is 0.466 e. The molecule has 0 aliphatic carbocycles. The number of aliphatic hydroxyl groups excluding tert-OH is 2. The molecule has 1 rings (SSSR count). The molecule has 6 nitrogen and oxygen atoms in total. The van der Waals surface area contributed by atoms with Crippen LogP contribution in [0.4, 0.5) is 0 Å². The number of allylic oxidation sites excluding steroid dienone is 1. The summed E-state index contributed by atoms with van der Waals surface area (Å²) >= 11 is 0. The first kappa shape index (κ1) is 22.1. The van der Waals surface area contributed by atoms with Crippen LogP contribution in [0.15, 0.2) is 12.7 Å². The van der Waals surface area contributed by atoms with Crippen LogP contribution in [0, 0.1) is 0 Å². The van der Waals surface area contributed by atoms with Crippen molar-refractivity contribution in [3.63, 3.8) is 0 Å². The highest BCUT2D eigenvalue weighted by Gasteiger charge is 2.35. The van der Waals surface area contributed by atoms with E-state index in [1.165, 1.54) is 0 Å². The number of carbonyl (C=O) groups is 1. The third kappa shape index (κ3) is 9.35. The highest BCUT2D eigenvalue weighted by Crippen LogP contribution is 2.23. The minimum atomic E-state index is -0.815. The van der Waals surface area contributed by atoms with Crippen molar-refractivity contribution in [2.45, 2.75) is 95.9 Å². The summed E-state index contributed by atoms with van der Waals surface area (Å²) in [5.74, 6) is -0.152. The van der Waals surface area contributed by atoms with Gasteiger partial charge in [-0.05, 0) is 46.0 Å². The summed E-state index contributed by atoms with van der Waals surface area (Å²) < 4.78 is 16.4. The lowest BCUT2D eigenvalue weighted by Crippen LogP contribution is -2.48. The summed E-state index contributed by atoms with van der Waals surface area (Å²) in [7, 11) is 0. The zero-order chi connectivity index (χ0) is 18.7. The standard InChI is InChI=1S/C19H34O6/c1-4-5-6-9-12-23-18(22)11-8-7-10-14(2)24-19-17(21)13-16(20)15(3)25-19/h4,14-17,19-21H,1,5-13H2,2-3H3/t14-,15+,16-,17-,19-/m1/s1. The van der Waals surface area contributed by atoms with E-state index in [1.807, 2.05) is 13.0 Å². The molecule has 0 aromatic rings. The van der Waals surface area contributed by atoms with E-state index in [2.05, 4.69) is 6.58 Å². The molecular formula is C19H34O6. The van der Waals surface area contributed by atoms with E-state index in [1.54, 1.807) is 6.92 Å². The summed E-state index contributed by atoms with van der Waals surface area (Å²) in [4.78, 5) is 11.6. The fourth-order valence-electron chi connectivity index (χ4n) is 2.71. The van der Waals surface area contributed by atoms with Crippen LogP contribution < -0.4 is 0 Å². The molecule has 1 aliphatic rings. The van der Waals surface area contributed by atoms with Crippen LogP contribution in [0.25, 0.3) is 0 Å². The third-order valence-corrected chi connectivity index (χ3v) is 4.36. The second-order valence-corrected chi connectivity index (χ2v) is 6.78. The molecular weight excluding hydrogens is 324 g/mol. The van der Waals surface area contributed by atoms with Crippen LogP contribution in [0.2, 0.25) is 0 Å². The molecule has 2 N–H and O–H groups in total. The van der Waals surface area contributed by atoms with Crippen molar-refractivity contribution >= 4 is 5.97 Å². The lowest BCUT2D eigenvalue weighted by atomic mass is 10.0. The molecule has 1 fully saturated rings. The van der Waals surface area contributed by atoms with Crippen LogP contribution in [-0.2, 0) is 19.0 Å². The molecule has 146 valence electrons. The van der Waals surface area contributed by atoms with Gasteiger partial charge in [0.05, 0.1) is 24.9 Å². The number of unbranched alkanes of at least 4 members (excludes halogenated alkanes) is 3. The van der Waals surface area contributed by atoms with Gasteiger partial charge in [-0.3, -0.25) is 4.79 Å². The number of aliphatic hydroxyl groups is 2. The summed E-state index contributed by atoms with van der Waals surface area (Å²) in [6.07, 6.45) is 5.13. The SMILES string of the molecule is C=CCCCCOC(=O)CCCC[C@@H](C)O[C@@H]1O[C@@H](C)[C@H](O)C[C@H]1O. The summed E-state index contributed by atoms with van der Waals surface area (Å²) in [5.41, 5.74) is 0.